The summed E-state index contributed by atoms with van der Waals surface area (Å²) in [7, 11) is 0.104. The number of carbonyl (C=O) groups is 1. The lowest BCUT2D eigenvalue weighted by atomic mass is 10.2. The minimum Gasteiger partial charge on any atom is -0.497 e. The fourth-order valence-corrected chi connectivity index (χ4v) is 5.98. The molecule has 2 nitrogen and oxygen atoms in total. The summed E-state index contributed by atoms with van der Waals surface area (Å²) >= 11 is 1.45. The van der Waals surface area contributed by atoms with Crippen LogP contribution in [0.2, 0.25) is 19.6 Å². The third-order valence-electron chi connectivity index (χ3n) is 3.44. The molecule has 0 aliphatic rings. The Bertz CT molecular complexity index is 618. The number of methoxy groups -OCH3 is 1. The van der Waals surface area contributed by atoms with E-state index >= 15 is 0 Å². The highest BCUT2D eigenvalue weighted by molar-refractivity contribution is 8.15. The maximum Gasteiger partial charge on any atom is 0.219 e. The average Bonchev–Trinajstić information content (AvgIpc) is 2.52. The second kappa shape index (κ2) is 7.16. The highest BCUT2D eigenvalue weighted by Crippen LogP contribution is 2.39. The Hall–Kier alpha value is -1.52. The summed E-state index contributed by atoms with van der Waals surface area (Å²) in [6.45, 7) is 6.91. The van der Waals surface area contributed by atoms with Crippen molar-refractivity contribution in [1.29, 1.82) is 0 Å². The molecular weight excluding hydrogens is 308 g/mol. The summed E-state index contributed by atoms with van der Waals surface area (Å²) < 4.78 is 5.14. The quantitative estimate of drug-likeness (QED) is 0.706. The van der Waals surface area contributed by atoms with E-state index in [1.54, 1.807) is 7.11 Å². The van der Waals surface area contributed by atoms with E-state index in [0.717, 1.165) is 11.3 Å². The van der Waals surface area contributed by atoms with E-state index in [1.165, 1.54) is 17.3 Å². The second-order valence-corrected chi connectivity index (χ2v) is 13.1. The number of carbonyl (C=O) groups excluding carboxylic acids is 1. The molecule has 4 heteroatoms. The molecule has 0 radical (unpaired) electrons. The van der Waals surface area contributed by atoms with Crippen LogP contribution < -0.4 is 4.74 Å². The van der Waals surface area contributed by atoms with Crippen LogP contribution in [-0.4, -0.2) is 20.3 Å². The fourth-order valence-electron chi connectivity index (χ4n) is 2.27. The van der Waals surface area contributed by atoms with Crippen molar-refractivity contribution in [2.45, 2.75) is 24.5 Å². The van der Waals surface area contributed by atoms with Crippen molar-refractivity contribution >= 4 is 25.0 Å². The van der Waals surface area contributed by atoms with E-state index in [9.17, 15) is 4.79 Å². The van der Waals surface area contributed by atoms with Gasteiger partial charge in [0, 0.05) is 10.4 Å². The van der Waals surface area contributed by atoms with E-state index in [1.807, 2.05) is 42.5 Å². The first kappa shape index (κ1) is 16.8. The van der Waals surface area contributed by atoms with Crippen molar-refractivity contribution in [1.82, 2.24) is 0 Å². The molecule has 0 fully saturated rings. The zero-order valence-electron chi connectivity index (χ0n) is 13.5. The number of ether oxygens (including phenoxy) is 1. The summed E-state index contributed by atoms with van der Waals surface area (Å²) in [5, 5.41) is 0.124. The lowest BCUT2D eigenvalue weighted by Gasteiger charge is -2.28. The molecule has 22 heavy (non-hydrogen) atoms. The first-order valence-corrected chi connectivity index (χ1v) is 11.8. The molecule has 1 unspecified atom stereocenters. The summed E-state index contributed by atoms with van der Waals surface area (Å²) in [6.07, 6.45) is 0. The molecule has 0 heterocycles. The highest BCUT2D eigenvalue weighted by Gasteiger charge is 2.31. The minimum absolute atomic E-state index is 0.124. The molecule has 116 valence electrons. The van der Waals surface area contributed by atoms with Crippen molar-refractivity contribution in [2.24, 2.45) is 0 Å². The van der Waals surface area contributed by atoms with Gasteiger partial charge in [-0.25, -0.2) is 0 Å². The maximum absolute atomic E-state index is 12.6. The number of hydrogen-bond acceptors (Lipinski definition) is 3. The molecule has 0 spiro atoms. The zero-order valence-corrected chi connectivity index (χ0v) is 15.3. The summed E-state index contributed by atoms with van der Waals surface area (Å²) in [6, 6.07) is 17.7. The molecule has 2 rings (SSSR count). The Kier molecular flexibility index (Phi) is 5.48. The van der Waals surface area contributed by atoms with Crippen LogP contribution in [0.5, 0.6) is 5.75 Å². The largest absolute Gasteiger partial charge is 0.497 e. The van der Waals surface area contributed by atoms with Gasteiger partial charge in [0.1, 0.15) is 5.75 Å². The van der Waals surface area contributed by atoms with Gasteiger partial charge in [-0.05, 0) is 29.8 Å². The molecular formula is C18H22O2SSi. The van der Waals surface area contributed by atoms with E-state index in [-0.39, 0.29) is 9.99 Å². The molecule has 0 saturated carbocycles. The Morgan fingerprint density at radius 1 is 1.00 bits per heavy atom. The van der Waals surface area contributed by atoms with Crippen molar-refractivity contribution in [3.05, 3.63) is 65.7 Å². The number of benzene rings is 2. The van der Waals surface area contributed by atoms with Gasteiger partial charge >= 0.3 is 0 Å². The van der Waals surface area contributed by atoms with E-state index in [2.05, 4.69) is 31.8 Å². The van der Waals surface area contributed by atoms with E-state index in [4.69, 9.17) is 4.74 Å². The van der Waals surface area contributed by atoms with Crippen LogP contribution in [0, 0.1) is 0 Å². The SMILES string of the molecule is COc1ccc(C(=O)SC(c2ccccc2)[Si](C)(C)C)cc1. The fraction of sp³-hybridized carbons (Fsp3) is 0.278. The Morgan fingerprint density at radius 2 is 1.59 bits per heavy atom. The minimum atomic E-state index is -1.52. The Morgan fingerprint density at radius 3 is 2.09 bits per heavy atom. The van der Waals surface area contributed by atoms with Crippen molar-refractivity contribution in [2.75, 3.05) is 7.11 Å². The monoisotopic (exact) mass is 330 g/mol. The third-order valence-corrected chi connectivity index (χ3v) is 8.78. The molecule has 0 aromatic heterocycles. The molecule has 2 aromatic rings. The van der Waals surface area contributed by atoms with Crippen molar-refractivity contribution in [3.8, 4) is 5.75 Å². The van der Waals surface area contributed by atoms with Gasteiger partial charge in [-0.1, -0.05) is 61.7 Å². The van der Waals surface area contributed by atoms with Gasteiger partial charge in [-0.3, -0.25) is 4.79 Å². The Balaban J connectivity index is 2.21. The standard InChI is InChI=1S/C18H22O2SSi/c1-20-16-12-10-14(11-13-16)17(19)21-18(22(2,3)4)15-8-6-5-7-9-15/h5-13,18H,1-4H3. The van der Waals surface area contributed by atoms with Crippen LogP contribution in [0.15, 0.2) is 54.6 Å². The molecule has 0 aliphatic heterocycles. The maximum atomic E-state index is 12.6. The molecule has 0 saturated heterocycles. The summed E-state index contributed by atoms with van der Waals surface area (Å²) in [4.78, 5) is 12.9. The topological polar surface area (TPSA) is 26.3 Å². The van der Waals surface area contributed by atoms with Crippen molar-refractivity contribution < 1.29 is 9.53 Å². The average molecular weight is 331 g/mol. The number of hydrogen-bond donors (Lipinski definition) is 0. The molecule has 1 atom stereocenters. The van der Waals surface area contributed by atoms with Gasteiger partial charge in [0.25, 0.3) is 0 Å². The van der Waals surface area contributed by atoms with Crippen LogP contribution in [0.4, 0.5) is 0 Å². The van der Waals surface area contributed by atoms with Gasteiger partial charge in [0.2, 0.25) is 5.12 Å². The molecule has 2 aromatic carbocycles. The number of thioether (sulfide) groups is 1. The van der Waals surface area contributed by atoms with Crippen LogP contribution >= 0.6 is 11.8 Å². The smallest absolute Gasteiger partial charge is 0.219 e. The van der Waals surface area contributed by atoms with Gasteiger partial charge in [0.15, 0.2) is 0 Å². The van der Waals surface area contributed by atoms with Crippen molar-refractivity contribution in [3.63, 3.8) is 0 Å². The predicted octanol–water partition coefficient (Wildman–Crippen LogP) is 5.19. The van der Waals surface area contributed by atoms with E-state index < -0.39 is 8.07 Å². The first-order chi connectivity index (χ1) is 10.4. The second-order valence-electron chi connectivity index (χ2n) is 6.29. The number of rotatable bonds is 5. The zero-order chi connectivity index (χ0) is 16.2. The van der Waals surface area contributed by atoms with Crippen LogP contribution in [0.25, 0.3) is 0 Å². The first-order valence-electron chi connectivity index (χ1n) is 7.32. The predicted molar refractivity (Wildman–Crippen MR) is 97.4 cm³/mol. The summed E-state index contributed by atoms with van der Waals surface area (Å²) in [5.41, 5.74) is 1.97. The summed E-state index contributed by atoms with van der Waals surface area (Å²) in [5.74, 6) is 0.770. The molecule has 0 aliphatic carbocycles. The lowest BCUT2D eigenvalue weighted by molar-refractivity contribution is 0.108. The Labute approximate surface area is 137 Å². The third kappa shape index (κ3) is 4.24. The van der Waals surface area contributed by atoms with Gasteiger partial charge < -0.3 is 4.74 Å². The molecule has 0 amide bonds. The van der Waals surface area contributed by atoms with Gasteiger partial charge in [-0.15, -0.1) is 0 Å². The van der Waals surface area contributed by atoms with Gasteiger partial charge in [0.05, 0.1) is 15.2 Å². The van der Waals surface area contributed by atoms with Crippen LogP contribution in [-0.2, 0) is 0 Å². The van der Waals surface area contributed by atoms with Gasteiger partial charge in [-0.2, -0.15) is 0 Å². The molecule has 0 N–H and O–H groups in total. The molecule has 0 bridgehead atoms. The highest BCUT2D eigenvalue weighted by atomic mass is 32.2. The lowest BCUT2D eigenvalue weighted by Crippen LogP contribution is -2.29. The van der Waals surface area contributed by atoms with E-state index in [0.29, 0.717) is 0 Å². The normalized spacial score (nSPS) is 12.7. The van der Waals surface area contributed by atoms with Crippen LogP contribution in [0.1, 0.15) is 20.8 Å². The van der Waals surface area contributed by atoms with Crippen LogP contribution in [0.3, 0.4) is 0 Å².